The van der Waals surface area contributed by atoms with Crippen molar-refractivity contribution in [3.8, 4) is 0 Å². The monoisotopic (exact) mass is 223 g/mol. The quantitative estimate of drug-likeness (QED) is 0.682. The van der Waals surface area contributed by atoms with Gasteiger partial charge in [0.15, 0.2) is 5.82 Å². The summed E-state index contributed by atoms with van der Waals surface area (Å²) in [5, 5.41) is 3.62. The highest BCUT2D eigenvalue weighted by Gasteiger charge is 2.46. The van der Waals surface area contributed by atoms with Crippen molar-refractivity contribution in [3.05, 3.63) is 11.7 Å². The largest absolute Gasteiger partial charge is 0.380 e. The van der Waals surface area contributed by atoms with Crippen LogP contribution in [0.25, 0.3) is 0 Å². The summed E-state index contributed by atoms with van der Waals surface area (Å²) in [6.07, 6.45) is 1.01. The van der Waals surface area contributed by atoms with Crippen LogP contribution in [-0.4, -0.2) is 47.3 Å². The van der Waals surface area contributed by atoms with Crippen molar-refractivity contribution < 1.29 is 14.1 Å². The standard InChI is InChI=1S/C10H13N3O3/c1-7-11-8(16-12-7)9(14)13-3-2-10(4-13)5-15-6-10/h2-6H2,1H3. The van der Waals surface area contributed by atoms with Gasteiger partial charge in [0, 0.05) is 18.5 Å². The molecule has 1 spiro atoms. The highest BCUT2D eigenvalue weighted by Crippen LogP contribution is 2.37. The molecule has 0 N–H and O–H groups in total. The van der Waals surface area contributed by atoms with Crippen molar-refractivity contribution in [1.29, 1.82) is 0 Å². The third kappa shape index (κ3) is 1.41. The molecule has 0 unspecified atom stereocenters. The van der Waals surface area contributed by atoms with Crippen molar-refractivity contribution in [2.24, 2.45) is 5.41 Å². The molecule has 2 saturated heterocycles. The minimum atomic E-state index is -0.163. The van der Waals surface area contributed by atoms with Crippen molar-refractivity contribution in [2.45, 2.75) is 13.3 Å². The van der Waals surface area contributed by atoms with Crippen LogP contribution < -0.4 is 0 Å². The Morgan fingerprint density at radius 3 is 2.81 bits per heavy atom. The van der Waals surface area contributed by atoms with Crippen molar-refractivity contribution >= 4 is 5.91 Å². The number of ether oxygens (including phenoxy) is 1. The van der Waals surface area contributed by atoms with Gasteiger partial charge in [0.1, 0.15) is 0 Å². The van der Waals surface area contributed by atoms with Gasteiger partial charge in [0.2, 0.25) is 0 Å². The van der Waals surface area contributed by atoms with Gasteiger partial charge < -0.3 is 14.2 Å². The fourth-order valence-electron chi connectivity index (χ4n) is 2.25. The molecule has 0 radical (unpaired) electrons. The van der Waals surface area contributed by atoms with E-state index >= 15 is 0 Å². The van der Waals surface area contributed by atoms with Crippen molar-refractivity contribution in [1.82, 2.24) is 15.0 Å². The Kier molecular flexibility index (Phi) is 2.00. The predicted molar refractivity (Wildman–Crippen MR) is 52.8 cm³/mol. The number of aromatic nitrogens is 2. The van der Waals surface area contributed by atoms with Crippen molar-refractivity contribution in [2.75, 3.05) is 26.3 Å². The van der Waals surface area contributed by atoms with E-state index in [9.17, 15) is 4.79 Å². The third-order valence-corrected chi connectivity index (χ3v) is 3.25. The highest BCUT2D eigenvalue weighted by molar-refractivity contribution is 5.89. The maximum Gasteiger partial charge on any atom is 0.316 e. The smallest absolute Gasteiger partial charge is 0.316 e. The zero-order valence-corrected chi connectivity index (χ0v) is 9.10. The van der Waals surface area contributed by atoms with E-state index in [1.165, 1.54) is 0 Å². The van der Waals surface area contributed by atoms with Gasteiger partial charge in [-0.3, -0.25) is 4.79 Å². The van der Waals surface area contributed by atoms with Crippen LogP contribution in [0, 0.1) is 12.3 Å². The molecule has 86 valence electrons. The van der Waals surface area contributed by atoms with Crippen LogP contribution in [0.3, 0.4) is 0 Å². The fourth-order valence-corrected chi connectivity index (χ4v) is 2.25. The lowest BCUT2D eigenvalue weighted by Gasteiger charge is -2.37. The topological polar surface area (TPSA) is 68.5 Å². The number of aryl methyl sites for hydroxylation is 1. The molecule has 2 aliphatic heterocycles. The van der Waals surface area contributed by atoms with Gasteiger partial charge >= 0.3 is 11.8 Å². The average Bonchev–Trinajstić information content (AvgIpc) is 2.81. The summed E-state index contributed by atoms with van der Waals surface area (Å²) < 4.78 is 10.1. The molecule has 0 aromatic carbocycles. The Bertz CT molecular complexity index is 425. The van der Waals surface area contributed by atoms with E-state index in [0.717, 1.165) is 32.7 Å². The molecule has 2 aliphatic rings. The lowest BCUT2D eigenvalue weighted by molar-refractivity contribution is -0.103. The van der Waals surface area contributed by atoms with Crippen molar-refractivity contribution in [3.63, 3.8) is 0 Å². The van der Waals surface area contributed by atoms with Crippen LogP contribution in [0.1, 0.15) is 22.9 Å². The Morgan fingerprint density at radius 2 is 2.31 bits per heavy atom. The zero-order chi connectivity index (χ0) is 11.2. The van der Waals surface area contributed by atoms with Crippen LogP contribution in [0.4, 0.5) is 0 Å². The predicted octanol–water partition coefficient (Wildman–Crippen LogP) is 0.241. The summed E-state index contributed by atoms with van der Waals surface area (Å²) in [5.41, 5.74) is 0.199. The highest BCUT2D eigenvalue weighted by atomic mass is 16.5. The number of likely N-dealkylation sites (tertiary alicyclic amines) is 1. The van der Waals surface area contributed by atoms with Crippen LogP contribution in [0.2, 0.25) is 0 Å². The van der Waals surface area contributed by atoms with Crippen LogP contribution in [0.15, 0.2) is 4.52 Å². The molecule has 3 rings (SSSR count). The molecular weight excluding hydrogens is 210 g/mol. The molecule has 1 aromatic rings. The number of hydrogen-bond donors (Lipinski definition) is 0. The summed E-state index contributed by atoms with van der Waals surface area (Å²) in [5.74, 6) is 0.420. The summed E-state index contributed by atoms with van der Waals surface area (Å²) >= 11 is 0. The van der Waals surface area contributed by atoms with E-state index in [4.69, 9.17) is 9.26 Å². The van der Waals surface area contributed by atoms with E-state index in [2.05, 4.69) is 10.1 Å². The minimum absolute atomic E-state index is 0.0924. The molecule has 3 heterocycles. The second-order valence-corrected chi connectivity index (χ2v) is 4.62. The summed E-state index contributed by atoms with van der Waals surface area (Å²) in [6.45, 7) is 4.72. The second-order valence-electron chi connectivity index (χ2n) is 4.62. The molecule has 0 saturated carbocycles. The zero-order valence-electron chi connectivity index (χ0n) is 9.10. The molecule has 16 heavy (non-hydrogen) atoms. The first-order valence-electron chi connectivity index (χ1n) is 5.36. The Balaban J connectivity index is 1.72. The Morgan fingerprint density at radius 1 is 1.50 bits per heavy atom. The molecule has 0 bridgehead atoms. The van der Waals surface area contributed by atoms with Crippen LogP contribution in [0.5, 0.6) is 0 Å². The Hall–Kier alpha value is -1.43. The van der Waals surface area contributed by atoms with Gasteiger partial charge in [-0.1, -0.05) is 5.16 Å². The van der Waals surface area contributed by atoms with E-state index in [1.807, 2.05) is 0 Å². The molecule has 6 heteroatoms. The lowest BCUT2D eigenvalue weighted by Crippen LogP contribution is -2.45. The summed E-state index contributed by atoms with van der Waals surface area (Å²) in [6, 6.07) is 0. The lowest BCUT2D eigenvalue weighted by atomic mass is 9.85. The maximum absolute atomic E-state index is 12.0. The van der Waals surface area contributed by atoms with Crippen LogP contribution >= 0.6 is 0 Å². The van der Waals surface area contributed by atoms with E-state index < -0.39 is 0 Å². The maximum atomic E-state index is 12.0. The van der Waals surface area contributed by atoms with E-state index in [0.29, 0.717) is 5.82 Å². The molecule has 0 aliphatic carbocycles. The first-order chi connectivity index (χ1) is 7.69. The van der Waals surface area contributed by atoms with Gasteiger partial charge in [-0.2, -0.15) is 4.98 Å². The molecule has 1 aromatic heterocycles. The molecule has 6 nitrogen and oxygen atoms in total. The van der Waals surface area contributed by atoms with Gasteiger partial charge in [-0.05, 0) is 13.3 Å². The van der Waals surface area contributed by atoms with Gasteiger partial charge in [-0.15, -0.1) is 0 Å². The second kappa shape index (κ2) is 3.28. The molecule has 1 amide bonds. The van der Waals surface area contributed by atoms with Gasteiger partial charge in [0.25, 0.3) is 0 Å². The number of carbonyl (C=O) groups excluding carboxylic acids is 1. The molecular formula is C10H13N3O3. The number of hydrogen-bond acceptors (Lipinski definition) is 5. The van der Waals surface area contributed by atoms with Gasteiger partial charge in [-0.25, -0.2) is 0 Å². The van der Waals surface area contributed by atoms with Gasteiger partial charge in [0.05, 0.1) is 13.2 Å². The Labute approximate surface area is 92.6 Å². The van der Waals surface area contributed by atoms with E-state index in [-0.39, 0.29) is 17.2 Å². The van der Waals surface area contributed by atoms with Crippen LogP contribution in [-0.2, 0) is 4.74 Å². The summed E-state index contributed by atoms with van der Waals surface area (Å²) in [4.78, 5) is 17.7. The normalized spacial score (nSPS) is 22.4. The molecule has 0 atom stereocenters. The number of nitrogens with zero attached hydrogens (tertiary/aromatic N) is 3. The first-order valence-corrected chi connectivity index (χ1v) is 5.36. The third-order valence-electron chi connectivity index (χ3n) is 3.25. The number of carbonyl (C=O) groups is 1. The average molecular weight is 223 g/mol. The SMILES string of the molecule is Cc1noc(C(=O)N2CCC3(COC3)C2)n1. The molecule has 2 fully saturated rings. The first kappa shape index (κ1) is 9.77. The minimum Gasteiger partial charge on any atom is -0.380 e. The number of amides is 1. The number of rotatable bonds is 1. The van der Waals surface area contributed by atoms with E-state index in [1.54, 1.807) is 11.8 Å². The summed E-state index contributed by atoms with van der Waals surface area (Å²) in [7, 11) is 0. The fraction of sp³-hybridized carbons (Fsp3) is 0.700.